The quantitative estimate of drug-likeness (QED) is 0.444. The number of anilines is 2. The van der Waals surface area contributed by atoms with Gasteiger partial charge in [-0.05, 0) is 55.5 Å². The number of ether oxygens (including phenoxy) is 1. The molecule has 1 aliphatic heterocycles. The second-order valence-electron chi connectivity index (χ2n) is 7.97. The van der Waals surface area contributed by atoms with Crippen LogP contribution in [-0.2, 0) is 4.74 Å². The highest BCUT2D eigenvalue weighted by atomic mass is 16.5. The Hall–Kier alpha value is -4.17. The molecule has 34 heavy (non-hydrogen) atoms. The molecule has 1 saturated heterocycles. The summed E-state index contributed by atoms with van der Waals surface area (Å²) in [6, 6.07) is 20.1. The lowest BCUT2D eigenvalue weighted by molar-refractivity contribution is 0.122. The Morgan fingerprint density at radius 2 is 1.71 bits per heavy atom. The van der Waals surface area contributed by atoms with E-state index in [0.717, 1.165) is 54.7 Å². The summed E-state index contributed by atoms with van der Waals surface area (Å²) < 4.78 is 9.85. The number of imidazole rings is 1. The van der Waals surface area contributed by atoms with E-state index in [1.807, 2.05) is 24.4 Å². The SMILES string of the molecule is Cc1nc2ccn(-c3cccnc3)c2n1-c1cccc(N2CCOCC2)c1.Nc1ccccn1. The molecule has 0 bridgehead atoms. The molecule has 8 heteroatoms. The van der Waals surface area contributed by atoms with Crippen LogP contribution in [0.25, 0.3) is 22.5 Å². The number of hydrogen-bond acceptors (Lipinski definition) is 6. The maximum Gasteiger partial charge on any atom is 0.149 e. The number of rotatable bonds is 3. The van der Waals surface area contributed by atoms with Crippen LogP contribution in [0, 0.1) is 6.92 Å². The van der Waals surface area contributed by atoms with Crippen LogP contribution in [0.3, 0.4) is 0 Å². The second kappa shape index (κ2) is 9.76. The van der Waals surface area contributed by atoms with Gasteiger partial charge in [-0.15, -0.1) is 0 Å². The summed E-state index contributed by atoms with van der Waals surface area (Å²) in [5, 5.41) is 0. The number of nitrogens with zero attached hydrogens (tertiary/aromatic N) is 6. The lowest BCUT2D eigenvalue weighted by atomic mass is 10.2. The van der Waals surface area contributed by atoms with E-state index in [1.165, 1.54) is 5.69 Å². The molecule has 4 aromatic heterocycles. The fourth-order valence-electron chi connectivity index (χ4n) is 4.14. The van der Waals surface area contributed by atoms with Crippen molar-refractivity contribution >= 4 is 22.7 Å². The first kappa shape index (κ1) is 21.7. The van der Waals surface area contributed by atoms with Crippen molar-refractivity contribution in [3.8, 4) is 11.4 Å². The number of morpholine rings is 1. The third-order valence-electron chi connectivity index (χ3n) is 5.73. The molecule has 0 atom stereocenters. The summed E-state index contributed by atoms with van der Waals surface area (Å²) in [6.07, 6.45) is 7.38. The van der Waals surface area contributed by atoms with Crippen molar-refractivity contribution in [2.24, 2.45) is 0 Å². The van der Waals surface area contributed by atoms with Gasteiger partial charge in [0.15, 0.2) is 0 Å². The van der Waals surface area contributed by atoms with E-state index < -0.39 is 0 Å². The molecule has 8 nitrogen and oxygen atoms in total. The van der Waals surface area contributed by atoms with E-state index >= 15 is 0 Å². The molecule has 2 N–H and O–H groups in total. The minimum atomic E-state index is 0.572. The number of hydrogen-bond donors (Lipinski definition) is 1. The smallest absolute Gasteiger partial charge is 0.149 e. The molecule has 5 aromatic rings. The summed E-state index contributed by atoms with van der Waals surface area (Å²) in [5.41, 5.74) is 10.6. The van der Waals surface area contributed by atoms with Crippen molar-refractivity contribution in [2.45, 2.75) is 6.92 Å². The summed E-state index contributed by atoms with van der Waals surface area (Å²) in [6.45, 7) is 5.46. The molecule has 6 rings (SSSR count). The largest absolute Gasteiger partial charge is 0.384 e. The van der Waals surface area contributed by atoms with Crippen molar-refractivity contribution in [2.75, 3.05) is 36.9 Å². The van der Waals surface area contributed by atoms with E-state index in [-0.39, 0.29) is 0 Å². The van der Waals surface area contributed by atoms with Crippen molar-refractivity contribution in [3.63, 3.8) is 0 Å². The zero-order valence-corrected chi connectivity index (χ0v) is 19.1. The molecule has 0 unspecified atom stereocenters. The fraction of sp³-hybridized carbons (Fsp3) is 0.192. The van der Waals surface area contributed by atoms with Gasteiger partial charge in [-0.2, -0.15) is 0 Å². The van der Waals surface area contributed by atoms with Crippen LogP contribution in [0.2, 0.25) is 0 Å². The summed E-state index contributed by atoms with van der Waals surface area (Å²) in [4.78, 5) is 15.2. The number of nitrogens with two attached hydrogens (primary N) is 1. The maximum atomic E-state index is 5.49. The van der Waals surface area contributed by atoms with Gasteiger partial charge in [0.05, 0.1) is 30.8 Å². The van der Waals surface area contributed by atoms with E-state index in [2.05, 4.69) is 73.5 Å². The second-order valence-corrected chi connectivity index (χ2v) is 7.97. The molecule has 5 heterocycles. The van der Waals surface area contributed by atoms with Crippen molar-refractivity contribution < 1.29 is 4.74 Å². The average molecular weight is 454 g/mol. The number of nitrogen functional groups attached to an aromatic ring is 1. The average Bonchev–Trinajstić information content (AvgIpc) is 3.44. The summed E-state index contributed by atoms with van der Waals surface area (Å²) in [5.74, 6) is 1.54. The summed E-state index contributed by atoms with van der Waals surface area (Å²) >= 11 is 0. The first-order valence-electron chi connectivity index (χ1n) is 11.3. The van der Waals surface area contributed by atoms with Crippen molar-refractivity contribution in [1.29, 1.82) is 0 Å². The molecule has 1 aromatic carbocycles. The molecule has 0 radical (unpaired) electrons. The highest BCUT2D eigenvalue weighted by molar-refractivity contribution is 5.78. The van der Waals surface area contributed by atoms with E-state index in [0.29, 0.717) is 5.82 Å². The Bertz CT molecular complexity index is 1360. The highest BCUT2D eigenvalue weighted by Crippen LogP contribution is 2.27. The number of benzene rings is 1. The standard InChI is InChI=1S/C21H21N5O.C5H6N2/c1-16-23-20-7-9-25(19-6-3-8-22-15-19)21(20)26(16)18-5-2-4-17(14-18)24-10-12-27-13-11-24;6-5-3-1-2-4-7-5/h2-9,14-15H,10-13H2,1H3;1-4H,(H2,6,7). The number of pyridine rings is 2. The molecule has 1 fully saturated rings. The number of aromatic nitrogens is 5. The van der Waals surface area contributed by atoms with Gasteiger partial charge < -0.3 is 15.4 Å². The Labute approximate surface area is 198 Å². The Balaban J connectivity index is 0.000000297. The molecule has 0 spiro atoms. The fourth-order valence-corrected chi connectivity index (χ4v) is 4.14. The molecule has 1 aliphatic rings. The van der Waals surface area contributed by atoms with Gasteiger partial charge in [0, 0.05) is 37.4 Å². The van der Waals surface area contributed by atoms with Crippen LogP contribution in [0.5, 0.6) is 0 Å². The van der Waals surface area contributed by atoms with Crippen molar-refractivity contribution in [3.05, 3.63) is 91.3 Å². The predicted molar refractivity (Wildman–Crippen MR) is 135 cm³/mol. The van der Waals surface area contributed by atoms with Crippen LogP contribution in [0.1, 0.15) is 5.82 Å². The van der Waals surface area contributed by atoms with Gasteiger partial charge >= 0.3 is 0 Å². The molecule has 0 amide bonds. The first-order chi connectivity index (χ1) is 16.7. The topological polar surface area (TPSA) is 87.0 Å². The molecular formula is C26H27N7O. The van der Waals surface area contributed by atoms with Gasteiger partial charge in [-0.3, -0.25) is 14.1 Å². The summed E-state index contributed by atoms with van der Waals surface area (Å²) in [7, 11) is 0. The minimum Gasteiger partial charge on any atom is -0.384 e. The van der Waals surface area contributed by atoms with Crippen LogP contribution in [-0.4, -0.2) is 50.4 Å². The monoisotopic (exact) mass is 453 g/mol. The van der Waals surface area contributed by atoms with Gasteiger partial charge in [0.2, 0.25) is 0 Å². The van der Waals surface area contributed by atoms with Crippen LogP contribution in [0.4, 0.5) is 11.5 Å². The lowest BCUT2D eigenvalue weighted by Crippen LogP contribution is -2.36. The zero-order valence-electron chi connectivity index (χ0n) is 19.1. The van der Waals surface area contributed by atoms with Gasteiger partial charge in [0.1, 0.15) is 22.8 Å². The molecular weight excluding hydrogens is 426 g/mol. The van der Waals surface area contributed by atoms with Crippen LogP contribution >= 0.6 is 0 Å². The van der Waals surface area contributed by atoms with Crippen molar-refractivity contribution in [1.82, 2.24) is 24.1 Å². The maximum absolute atomic E-state index is 5.49. The third kappa shape index (κ3) is 4.49. The Morgan fingerprint density at radius 3 is 2.41 bits per heavy atom. The zero-order chi connectivity index (χ0) is 23.3. The van der Waals surface area contributed by atoms with Gasteiger partial charge in [0.25, 0.3) is 0 Å². The number of aryl methyl sites for hydroxylation is 1. The Kier molecular flexibility index (Phi) is 6.22. The third-order valence-corrected chi connectivity index (χ3v) is 5.73. The first-order valence-corrected chi connectivity index (χ1v) is 11.3. The Morgan fingerprint density at radius 1 is 0.882 bits per heavy atom. The van der Waals surface area contributed by atoms with Crippen LogP contribution in [0.15, 0.2) is 85.5 Å². The highest BCUT2D eigenvalue weighted by Gasteiger charge is 2.17. The molecule has 0 aliphatic carbocycles. The predicted octanol–water partition coefficient (Wildman–Crippen LogP) is 4.02. The lowest BCUT2D eigenvalue weighted by Gasteiger charge is -2.29. The molecule has 172 valence electrons. The minimum absolute atomic E-state index is 0.572. The van der Waals surface area contributed by atoms with E-state index in [4.69, 9.17) is 15.5 Å². The van der Waals surface area contributed by atoms with E-state index in [1.54, 1.807) is 18.5 Å². The normalized spacial score (nSPS) is 13.5. The van der Waals surface area contributed by atoms with Crippen LogP contribution < -0.4 is 10.6 Å². The van der Waals surface area contributed by atoms with Gasteiger partial charge in [-0.25, -0.2) is 9.97 Å². The van der Waals surface area contributed by atoms with E-state index in [9.17, 15) is 0 Å². The van der Waals surface area contributed by atoms with Gasteiger partial charge in [-0.1, -0.05) is 12.1 Å². The number of fused-ring (bicyclic) bond motifs is 1. The molecule has 0 saturated carbocycles.